The average molecular weight is 264 g/mol. The zero-order chi connectivity index (χ0) is 13.7. The van der Waals surface area contributed by atoms with Crippen molar-refractivity contribution in [3.05, 3.63) is 11.9 Å². The number of anilines is 1. The smallest absolute Gasteiger partial charge is 0.221 e. The number of aromatic nitrogens is 2. The van der Waals surface area contributed by atoms with E-state index in [0.29, 0.717) is 24.3 Å². The maximum atomic E-state index is 5.91. The third-order valence-electron chi connectivity index (χ3n) is 3.77. The van der Waals surface area contributed by atoms with E-state index in [4.69, 9.17) is 10.5 Å². The number of ether oxygens (including phenoxy) is 1. The molecule has 2 N–H and O–H groups in total. The predicted molar refractivity (Wildman–Crippen MR) is 76.2 cm³/mol. The molecule has 0 spiro atoms. The minimum Gasteiger partial charge on any atom is -0.476 e. The number of hydrogen-bond donors (Lipinski definition) is 1. The quantitative estimate of drug-likeness (QED) is 0.879. The van der Waals surface area contributed by atoms with E-state index in [2.05, 4.69) is 28.8 Å². The van der Waals surface area contributed by atoms with Gasteiger partial charge in [0, 0.05) is 6.04 Å². The first-order valence-corrected chi connectivity index (χ1v) is 7.14. The van der Waals surface area contributed by atoms with E-state index in [1.54, 1.807) is 0 Å². The molecule has 0 radical (unpaired) electrons. The fraction of sp³-hybridized carbons (Fsp3) is 0.714. The Hall–Kier alpha value is -1.36. The van der Waals surface area contributed by atoms with Crippen molar-refractivity contribution in [3.63, 3.8) is 0 Å². The molecule has 1 aromatic heterocycles. The molecule has 0 amide bonds. The maximum absolute atomic E-state index is 5.91. The second-order valence-electron chi connectivity index (χ2n) is 5.23. The Morgan fingerprint density at radius 2 is 2.26 bits per heavy atom. The topological polar surface area (TPSA) is 64.3 Å². The van der Waals surface area contributed by atoms with Gasteiger partial charge >= 0.3 is 0 Å². The highest BCUT2D eigenvalue weighted by molar-refractivity contribution is 5.44. The normalized spacial score (nSPS) is 20.4. The molecule has 0 bridgehead atoms. The van der Waals surface area contributed by atoms with Crippen LogP contribution in [-0.4, -0.2) is 41.1 Å². The van der Waals surface area contributed by atoms with Gasteiger partial charge in [-0.1, -0.05) is 19.8 Å². The largest absolute Gasteiger partial charge is 0.476 e. The van der Waals surface area contributed by atoms with Crippen LogP contribution in [0.3, 0.4) is 0 Å². The lowest BCUT2D eigenvalue weighted by atomic mass is 10.0. The number of piperidine rings is 1. The molecule has 1 aliphatic heterocycles. The molecule has 5 nitrogen and oxygen atoms in total. The van der Waals surface area contributed by atoms with Crippen molar-refractivity contribution in [3.8, 4) is 5.88 Å². The molecule has 1 saturated heterocycles. The number of likely N-dealkylation sites (tertiary alicyclic amines) is 1. The van der Waals surface area contributed by atoms with Crippen molar-refractivity contribution in [1.29, 1.82) is 0 Å². The number of rotatable bonds is 5. The molecule has 0 aromatic carbocycles. The van der Waals surface area contributed by atoms with Gasteiger partial charge in [-0.2, -0.15) is 0 Å². The average Bonchev–Trinajstić information content (AvgIpc) is 2.41. The first-order chi connectivity index (χ1) is 9.22. The van der Waals surface area contributed by atoms with Crippen molar-refractivity contribution in [2.24, 2.45) is 0 Å². The molecule has 19 heavy (non-hydrogen) atoms. The molecule has 5 heteroatoms. The Kier molecular flexibility index (Phi) is 4.96. The van der Waals surface area contributed by atoms with Crippen LogP contribution >= 0.6 is 0 Å². The third kappa shape index (κ3) is 3.56. The highest BCUT2D eigenvalue weighted by Crippen LogP contribution is 2.23. The highest BCUT2D eigenvalue weighted by Gasteiger charge is 2.20. The lowest BCUT2D eigenvalue weighted by Crippen LogP contribution is -2.40. The summed E-state index contributed by atoms with van der Waals surface area (Å²) in [6.45, 7) is 3.95. The van der Waals surface area contributed by atoms with Gasteiger partial charge < -0.3 is 15.4 Å². The number of nitrogen functional groups attached to an aromatic ring is 1. The van der Waals surface area contributed by atoms with Gasteiger partial charge in [0.25, 0.3) is 0 Å². The molecule has 1 aliphatic rings. The van der Waals surface area contributed by atoms with Gasteiger partial charge in [0.05, 0.1) is 5.56 Å². The van der Waals surface area contributed by atoms with Crippen molar-refractivity contribution in [2.75, 3.05) is 25.9 Å². The molecule has 1 atom stereocenters. The summed E-state index contributed by atoms with van der Waals surface area (Å²) in [4.78, 5) is 10.6. The Balaban J connectivity index is 2.00. The molecule has 2 rings (SSSR count). The molecule has 106 valence electrons. The first kappa shape index (κ1) is 14.1. The maximum Gasteiger partial charge on any atom is 0.221 e. The van der Waals surface area contributed by atoms with E-state index >= 15 is 0 Å². The van der Waals surface area contributed by atoms with Gasteiger partial charge in [0.2, 0.25) is 5.88 Å². The van der Waals surface area contributed by atoms with Crippen molar-refractivity contribution in [1.82, 2.24) is 14.9 Å². The summed E-state index contributed by atoms with van der Waals surface area (Å²) >= 11 is 0. The minimum atomic E-state index is 0.486. The lowest BCUT2D eigenvalue weighted by Gasteiger charge is -2.32. The van der Waals surface area contributed by atoms with Gasteiger partial charge in [0.1, 0.15) is 18.8 Å². The zero-order valence-electron chi connectivity index (χ0n) is 11.9. The van der Waals surface area contributed by atoms with Crippen LogP contribution < -0.4 is 10.5 Å². The van der Waals surface area contributed by atoms with E-state index in [1.165, 1.54) is 25.6 Å². The second kappa shape index (κ2) is 6.70. The van der Waals surface area contributed by atoms with E-state index < -0.39 is 0 Å². The van der Waals surface area contributed by atoms with Gasteiger partial charge in [0.15, 0.2) is 0 Å². The van der Waals surface area contributed by atoms with Crippen molar-refractivity contribution in [2.45, 2.75) is 45.1 Å². The van der Waals surface area contributed by atoms with E-state index in [-0.39, 0.29) is 0 Å². The number of nitrogens with zero attached hydrogens (tertiary/aromatic N) is 3. The van der Waals surface area contributed by atoms with Crippen molar-refractivity contribution >= 4 is 5.82 Å². The van der Waals surface area contributed by atoms with Crippen LogP contribution in [0.15, 0.2) is 6.33 Å². The van der Waals surface area contributed by atoms with E-state index in [9.17, 15) is 0 Å². The zero-order valence-corrected chi connectivity index (χ0v) is 11.9. The molecule has 0 aliphatic carbocycles. The Labute approximate surface area is 115 Å². The molecular weight excluding hydrogens is 240 g/mol. The van der Waals surface area contributed by atoms with Crippen LogP contribution in [0.4, 0.5) is 5.82 Å². The number of likely N-dealkylation sites (N-methyl/N-ethyl adjacent to an activating group) is 1. The van der Waals surface area contributed by atoms with Gasteiger partial charge in [-0.05, 0) is 32.9 Å². The molecule has 2 heterocycles. The Morgan fingerprint density at radius 1 is 1.42 bits per heavy atom. The van der Waals surface area contributed by atoms with Crippen molar-refractivity contribution < 1.29 is 4.74 Å². The predicted octanol–water partition coefficient (Wildman–Crippen LogP) is 1.87. The molecule has 1 aromatic rings. The molecule has 1 unspecified atom stereocenters. The fourth-order valence-electron chi connectivity index (χ4n) is 2.55. The van der Waals surface area contributed by atoms with Crippen LogP contribution in [0.1, 0.15) is 38.2 Å². The highest BCUT2D eigenvalue weighted by atomic mass is 16.5. The first-order valence-electron chi connectivity index (χ1n) is 7.14. The standard InChI is InChI=1S/C14H24N4O/c1-3-6-12-13(15)16-10-17-14(12)19-9-11-7-4-5-8-18(11)2/h10-11H,3-9H2,1-2H3,(H2,15,16,17). The fourth-order valence-corrected chi connectivity index (χ4v) is 2.55. The molecule has 0 saturated carbocycles. The molecular formula is C14H24N4O. The van der Waals surface area contributed by atoms with Gasteiger partial charge in [-0.3, -0.25) is 0 Å². The Morgan fingerprint density at radius 3 is 3.00 bits per heavy atom. The summed E-state index contributed by atoms with van der Waals surface area (Å²) in [5.74, 6) is 1.21. The second-order valence-corrected chi connectivity index (χ2v) is 5.23. The number of hydrogen-bond acceptors (Lipinski definition) is 5. The van der Waals surface area contributed by atoms with Crippen LogP contribution in [0, 0.1) is 0 Å². The summed E-state index contributed by atoms with van der Waals surface area (Å²) < 4.78 is 5.91. The van der Waals surface area contributed by atoms with Crippen LogP contribution in [0.2, 0.25) is 0 Å². The summed E-state index contributed by atoms with van der Waals surface area (Å²) in [6.07, 6.45) is 7.12. The van der Waals surface area contributed by atoms with E-state index in [1.807, 2.05) is 0 Å². The van der Waals surface area contributed by atoms with Crippen LogP contribution in [-0.2, 0) is 6.42 Å². The van der Waals surface area contributed by atoms with Crippen LogP contribution in [0.25, 0.3) is 0 Å². The Bertz CT molecular complexity index is 410. The summed E-state index contributed by atoms with van der Waals surface area (Å²) in [5, 5.41) is 0. The van der Waals surface area contributed by atoms with E-state index in [0.717, 1.165) is 24.9 Å². The summed E-state index contributed by atoms with van der Waals surface area (Å²) in [6, 6.07) is 0.486. The van der Waals surface area contributed by atoms with Gasteiger partial charge in [-0.15, -0.1) is 0 Å². The summed E-state index contributed by atoms with van der Waals surface area (Å²) in [7, 11) is 2.16. The van der Waals surface area contributed by atoms with Crippen LogP contribution in [0.5, 0.6) is 5.88 Å². The summed E-state index contributed by atoms with van der Waals surface area (Å²) in [5.41, 5.74) is 6.85. The van der Waals surface area contributed by atoms with Gasteiger partial charge in [-0.25, -0.2) is 9.97 Å². The molecule has 1 fully saturated rings. The third-order valence-corrected chi connectivity index (χ3v) is 3.77. The SMILES string of the molecule is CCCc1c(N)ncnc1OCC1CCCCN1C. The monoisotopic (exact) mass is 264 g/mol. The lowest BCUT2D eigenvalue weighted by molar-refractivity contribution is 0.122. The number of nitrogens with two attached hydrogens (primary N) is 1. The minimum absolute atomic E-state index is 0.486.